The standard InChI is InChI=1S/C23H22F2N8O3/c1-13(2)33-12-28-20-17(33)9-16(29-21(20)36-22(24)25)15-5-6-26-23(30-15)31-18-4-3-14(10-27-18)32-7-8-35-11-19(32)34/h3-6,9-10,12-13,22H,7-8,11H2,1-2H3,(H,26,27,30,31). The van der Waals surface area contributed by atoms with Gasteiger partial charge in [0, 0.05) is 18.8 Å². The predicted octanol–water partition coefficient (Wildman–Crippen LogP) is 3.57. The average Bonchev–Trinajstić information content (AvgIpc) is 3.30. The number of amides is 1. The number of nitrogens with one attached hydrogen (secondary N) is 1. The number of aromatic nitrogens is 6. The molecule has 13 heteroatoms. The van der Waals surface area contributed by atoms with Crippen LogP contribution in [0.4, 0.5) is 26.2 Å². The normalized spacial score (nSPS) is 14.2. The summed E-state index contributed by atoms with van der Waals surface area (Å²) in [5.74, 6) is 0.281. The zero-order valence-electron chi connectivity index (χ0n) is 19.4. The highest BCUT2D eigenvalue weighted by molar-refractivity contribution is 5.94. The van der Waals surface area contributed by atoms with Crippen LogP contribution < -0.4 is 15.0 Å². The molecule has 186 valence electrons. The Labute approximate surface area is 204 Å². The summed E-state index contributed by atoms with van der Waals surface area (Å²) in [5, 5.41) is 3.01. The van der Waals surface area contributed by atoms with E-state index < -0.39 is 6.61 Å². The summed E-state index contributed by atoms with van der Waals surface area (Å²) in [7, 11) is 0. The minimum absolute atomic E-state index is 0.0362. The molecule has 0 spiro atoms. The monoisotopic (exact) mass is 496 g/mol. The van der Waals surface area contributed by atoms with E-state index in [0.29, 0.717) is 41.6 Å². The largest absolute Gasteiger partial charge is 0.414 e. The number of ether oxygens (including phenoxy) is 2. The number of hydrogen-bond donors (Lipinski definition) is 1. The Morgan fingerprint density at radius 1 is 1.11 bits per heavy atom. The van der Waals surface area contributed by atoms with E-state index in [4.69, 9.17) is 4.74 Å². The molecule has 0 unspecified atom stereocenters. The molecule has 4 aromatic rings. The lowest BCUT2D eigenvalue weighted by molar-refractivity contribution is -0.125. The molecule has 0 aliphatic carbocycles. The van der Waals surface area contributed by atoms with Crippen LogP contribution in [0.15, 0.2) is 43.0 Å². The van der Waals surface area contributed by atoms with Crippen molar-refractivity contribution < 1.29 is 23.0 Å². The van der Waals surface area contributed by atoms with Crippen molar-refractivity contribution in [2.45, 2.75) is 26.5 Å². The molecular formula is C23H22F2N8O3. The number of imidazole rings is 1. The topological polar surface area (TPSA) is 120 Å². The molecule has 0 saturated carbocycles. The van der Waals surface area contributed by atoms with Crippen molar-refractivity contribution in [3.63, 3.8) is 0 Å². The maximum Gasteiger partial charge on any atom is 0.388 e. The van der Waals surface area contributed by atoms with E-state index in [-0.39, 0.29) is 35.9 Å². The third-order valence-electron chi connectivity index (χ3n) is 5.49. The Bertz CT molecular complexity index is 1390. The SMILES string of the molecule is CC(C)n1cnc2c(OC(F)F)nc(-c3ccnc(Nc4ccc(N5CCOCC5=O)cn4)n3)cc21. The van der Waals surface area contributed by atoms with Gasteiger partial charge in [-0.05, 0) is 38.1 Å². The molecule has 4 aromatic heterocycles. The van der Waals surface area contributed by atoms with Gasteiger partial charge in [-0.2, -0.15) is 8.78 Å². The number of carbonyl (C=O) groups is 1. The van der Waals surface area contributed by atoms with Crippen LogP contribution >= 0.6 is 0 Å². The Morgan fingerprint density at radius 2 is 1.97 bits per heavy atom. The number of halogens is 2. The van der Waals surface area contributed by atoms with Crippen LogP contribution in [-0.4, -0.2) is 61.8 Å². The summed E-state index contributed by atoms with van der Waals surface area (Å²) in [6.07, 6.45) is 4.66. The van der Waals surface area contributed by atoms with Gasteiger partial charge in [-0.3, -0.25) is 4.79 Å². The lowest BCUT2D eigenvalue weighted by Gasteiger charge is -2.26. The van der Waals surface area contributed by atoms with Crippen molar-refractivity contribution >= 4 is 34.4 Å². The molecule has 1 amide bonds. The molecule has 5 heterocycles. The zero-order chi connectivity index (χ0) is 25.2. The van der Waals surface area contributed by atoms with Crippen LogP contribution in [0.2, 0.25) is 0 Å². The van der Waals surface area contributed by atoms with Gasteiger partial charge >= 0.3 is 6.61 Å². The number of alkyl halides is 2. The number of morpholine rings is 1. The summed E-state index contributed by atoms with van der Waals surface area (Å²) < 4.78 is 37.8. The molecule has 36 heavy (non-hydrogen) atoms. The molecule has 1 saturated heterocycles. The van der Waals surface area contributed by atoms with Crippen molar-refractivity contribution in [1.29, 1.82) is 0 Å². The number of rotatable bonds is 7. The summed E-state index contributed by atoms with van der Waals surface area (Å²) in [6, 6.07) is 6.84. The van der Waals surface area contributed by atoms with Crippen LogP contribution in [0.1, 0.15) is 19.9 Å². The average molecular weight is 496 g/mol. The second-order valence-corrected chi connectivity index (χ2v) is 8.19. The van der Waals surface area contributed by atoms with Gasteiger partial charge in [0.25, 0.3) is 5.91 Å². The number of nitrogens with zero attached hydrogens (tertiary/aromatic N) is 7. The van der Waals surface area contributed by atoms with E-state index in [1.165, 1.54) is 6.20 Å². The highest BCUT2D eigenvalue weighted by Crippen LogP contribution is 2.30. The fourth-order valence-electron chi connectivity index (χ4n) is 3.80. The van der Waals surface area contributed by atoms with E-state index in [2.05, 4.69) is 35.0 Å². The minimum atomic E-state index is -3.05. The lowest BCUT2D eigenvalue weighted by Crippen LogP contribution is -2.41. The molecule has 0 aromatic carbocycles. The van der Waals surface area contributed by atoms with Crippen molar-refractivity contribution in [3.05, 3.63) is 43.0 Å². The van der Waals surface area contributed by atoms with E-state index in [1.54, 1.807) is 41.7 Å². The summed E-state index contributed by atoms with van der Waals surface area (Å²) in [4.78, 5) is 35.1. The second kappa shape index (κ2) is 9.77. The minimum Gasteiger partial charge on any atom is -0.414 e. The van der Waals surface area contributed by atoms with Crippen LogP contribution in [-0.2, 0) is 9.53 Å². The summed E-state index contributed by atoms with van der Waals surface area (Å²) >= 11 is 0. The van der Waals surface area contributed by atoms with E-state index in [9.17, 15) is 13.6 Å². The maximum atomic E-state index is 13.1. The highest BCUT2D eigenvalue weighted by atomic mass is 19.3. The molecule has 11 nitrogen and oxygen atoms in total. The van der Waals surface area contributed by atoms with Gasteiger partial charge in [0.2, 0.25) is 11.8 Å². The molecule has 5 rings (SSSR count). The zero-order valence-corrected chi connectivity index (χ0v) is 19.4. The molecule has 0 bridgehead atoms. The van der Waals surface area contributed by atoms with Gasteiger partial charge in [0.1, 0.15) is 12.4 Å². The molecule has 1 aliphatic rings. The molecule has 0 atom stereocenters. The number of anilines is 3. The second-order valence-electron chi connectivity index (χ2n) is 8.19. The molecule has 1 aliphatic heterocycles. The van der Waals surface area contributed by atoms with Gasteiger partial charge in [-0.1, -0.05) is 0 Å². The van der Waals surface area contributed by atoms with Crippen molar-refractivity contribution in [3.8, 4) is 17.3 Å². The first-order valence-electron chi connectivity index (χ1n) is 11.2. The molecule has 0 radical (unpaired) electrons. The number of carbonyl (C=O) groups excluding carboxylic acids is 1. The molecule has 1 fully saturated rings. The Morgan fingerprint density at radius 3 is 2.69 bits per heavy atom. The lowest BCUT2D eigenvalue weighted by atomic mass is 10.2. The van der Waals surface area contributed by atoms with E-state index in [0.717, 1.165) is 0 Å². The third kappa shape index (κ3) is 4.77. The Balaban J connectivity index is 1.43. The number of pyridine rings is 2. The van der Waals surface area contributed by atoms with Gasteiger partial charge < -0.3 is 24.3 Å². The van der Waals surface area contributed by atoms with E-state index in [1.807, 2.05) is 18.4 Å². The fourth-order valence-corrected chi connectivity index (χ4v) is 3.80. The van der Waals surface area contributed by atoms with Crippen LogP contribution in [0.5, 0.6) is 5.88 Å². The van der Waals surface area contributed by atoms with Crippen LogP contribution in [0.25, 0.3) is 22.4 Å². The van der Waals surface area contributed by atoms with Crippen LogP contribution in [0.3, 0.4) is 0 Å². The first-order chi connectivity index (χ1) is 17.4. The van der Waals surface area contributed by atoms with Crippen molar-refractivity contribution in [2.24, 2.45) is 0 Å². The fraction of sp³-hybridized carbons (Fsp3) is 0.304. The smallest absolute Gasteiger partial charge is 0.388 e. The van der Waals surface area contributed by atoms with E-state index >= 15 is 0 Å². The summed E-state index contributed by atoms with van der Waals surface area (Å²) in [5.41, 5.74) is 2.20. The Hall–Kier alpha value is -4.26. The van der Waals surface area contributed by atoms with Gasteiger partial charge in [0.05, 0.1) is 41.7 Å². The van der Waals surface area contributed by atoms with Crippen LogP contribution in [0, 0.1) is 0 Å². The van der Waals surface area contributed by atoms with Gasteiger partial charge in [0.15, 0.2) is 5.52 Å². The first-order valence-corrected chi connectivity index (χ1v) is 11.2. The third-order valence-corrected chi connectivity index (χ3v) is 5.49. The molecular weight excluding hydrogens is 474 g/mol. The number of hydrogen-bond acceptors (Lipinski definition) is 9. The highest BCUT2D eigenvalue weighted by Gasteiger charge is 2.21. The van der Waals surface area contributed by atoms with Crippen molar-refractivity contribution in [2.75, 3.05) is 30.0 Å². The Kier molecular flexibility index (Phi) is 6.38. The quantitative estimate of drug-likeness (QED) is 0.409. The molecule has 1 N–H and O–H groups in total. The predicted molar refractivity (Wildman–Crippen MR) is 126 cm³/mol. The van der Waals surface area contributed by atoms with Gasteiger partial charge in [-0.15, -0.1) is 0 Å². The number of fused-ring (bicyclic) bond motifs is 1. The van der Waals surface area contributed by atoms with Gasteiger partial charge in [-0.25, -0.2) is 24.9 Å². The van der Waals surface area contributed by atoms with Crippen molar-refractivity contribution in [1.82, 2.24) is 29.5 Å². The first kappa shape index (κ1) is 23.5. The summed E-state index contributed by atoms with van der Waals surface area (Å²) in [6.45, 7) is 1.83. The maximum absolute atomic E-state index is 13.1.